The van der Waals surface area contributed by atoms with Gasteiger partial charge in [0.25, 0.3) is 10.1 Å². The topological polar surface area (TPSA) is 91.9 Å². The number of hydrogen-bond donors (Lipinski definition) is 2. The van der Waals surface area contributed by atoms with E-state index in [-0.39, 0.29) is 10.8 Å². The summed E-state index contributed by atoms with van der Waals surface area (Å²) in [6.45, 7) is 1.59. The van der Waals surface area contributed by atoms with Gasteiger partial charge in [0.1, 0.15) is 10.5 Å². The Morgan fingerprint density at radius 2 is 2.07 bits per heavy atom. The van der Waals surface area contributed by atoms with Crippen molar-refractivity contribution in [3.05, 3.63) is 24.0 Å². The van der Waals surface area contributed by atoms with Crippen LogP contribution in [-0.2, 0) is 10.1 Å². The summed E-state index contributed by atoms with van der Waals surface area (Å²) >= 11 is 0. The molecule has 0 unspecified atom stereocenters. The molecule has 0 spiro atoms. The summed E-state index contributed by atoms with van der Waals surface area (Å²) in [6.07, 6.45) is 1.20. The van der Waals surface area contributed by atoms with Gasteiger partial charge in [-0.05, 0) is 19.1 Å². The third-order valence-corrected chi connectivity index (χ3v) is 2.94. The van der Waals surface area contributed by atoms with Gasteiger partial charge in [-0.3, -0.25) is 8.95 Å². The molecule has 2 heterocycles. The number of nitrogens with zero attached hydrogens (tertiary/aromatic N) is 2. The first kappa shape index (κ1) is 9.94. The predicted molar refractivity (Wildman–Crippen MR) is 51.4 cm³/mol. The van der Waals surface area contributed by atoms with E-state index in [2.05, 4.69) is 4.98 Å². The second-order valence-electron chi connectivity index (χ2n) is 3.09. The number of pyridine rings is 1. The highest BCUT2D eigenvalue weighted by atomic mass is 32.2. The Balaban J connectivity index is 2.81. The molecule has 0 bridgehead atoms. The van der Waals surface area contributed by atoms with E-state index in [4.69, 9.17) is 4.55 Å². The Morgan fingerprint density at radius 3 is 2.67 bits per heavy atom. The van der Waals surface area contributed by atoms with Crippen LogP contribution in [-0.4, -0.2) is 27.5 Å². The summed E-state index contributed by atoms with van der Waals surface area (Å²) in [5.41, 5.74) is 0.827. The molecule has 0 aromatic carbocycles. The smallest absolute Gasteiger partial charge is 0.295 e. The molecule has 0 fully saturated rings. The van der Waals surface area contributed by atoms with Crippen molar-refractivity contribution in [2.75, 3.05) is 0 Å². The number of hydrogen-bond acceptors (Lipinski definition) is 4. The maximum absolute atomic E-state index is 10.9. The maximum atomic E-state index is 10.9. The summed E-state index contributed by atoms with van der Waals surface area (Å²) in [4.78, 5) is 3.54. The molecule has 0 saturated heterocycles. The fourth-order valence-electron chi connectivity index (χ4n) is 1.28. The van der Waals surface area contributed by atoms with Crippen LogP contribution in [0.5, 0.6) is 5.88 Å². The molecule has 80 valence electrons. The molecule has 0 amide bonds. The zero-order valence-corrected chi connectivity index (χ0v) is 8.56. The maximum Gasteiger partial charge on any atom is 0.295 e. The SMILES string of the molecule is Cc1c(O)nc2ccc(S(=O)(=O)O)cn12. The fraction of sp³-hybridized carbons (Fsp3) is 0.125. The first-order valence-electron chi connectivity index (χ1n) is 4.05. The lowest BCUT2D eigenvalue weighted by Crippen LogP contribution is -2.00. The predicted octanol–water partition coefficient (Wildman–Crippen LogP) is 0.595. The zero-order valence-electron chi connectivity index (χ0n) is 7.75. The van der Waals surface area contributed by atoms with E-state index in [9.17, 15) is 13.5 Å². The average molecular weight is 228 g/mol. The highest BCUT2D eigenvalue weighted by Crippen LogP contribution is 2.19. The number of aromatic nitrogens is 2. The van der Waals surface area contributed by atoms with Crippen LogP contribution in [0.2, 0.25) is 0 Å². The van der Waals surface area contributed by atoms with Crippen LogP contribution in [0.3, 0.4) is 0 Å². The molecular formula is C8H8N2O4S. The number of imidazole rings is 1. The molecule has 0 radical (unpaired) electrons. The Morgan fingerprint density at radius 1 is 1.40 bits per heavy atom. The summed E-state index contributed by atoms with van der Waals surface area (Å²) < 4.78 is 31.9. The average Bonchev–Trinajstić information content (AvgIpc) is 2.41. The van der Waals surface area contributed by atoms with Crippen molar-refractivity contribution < 1.29 is 18.1 Å². The molecule has 15 heavy (non-hydrogen) atoms. The van der Waals surface area contributed by atoms with Crippen molar-refractivity contribution >= 4 is 15.8 Å². The minimum Gasteiger partial charge on any atom is -0.492 e. The van der Waals surface area contributed by atoms with Crippen molar-refractivity contribution in [2.45, 2.75) is 11.8 Å². The van der Waals surface area contributed by atoms with Crippen molar-refractivity contribution in [3.8, 4) is 5.88 Å². The van der Waals surface area contributed by atoms with E-state index < -0.39 is 10.1 Å². The van der Waals surface area contributed by atoms with Crippen LogP contribution < -0.4 is 0 Å². The van der Waals surface area contributed by atoms with Crippen LogP contribution in [0.1, 0.15) is 5.69 Å². The molecule has 0 aliphatic rings. The Labute approximate surface area is 85.6 Å². The molecule has 2 N–H and O–H groups in total. The molecule has 2 aromatic rings. The van der Waals surface area contributed by atoms with Crippen LogP contribution in [0.4, 0.5) is 0 Å². The molecule has 6 nitrogen and oxygen atoms in total. The van der Waals surface area contributed by atoms with Gasteiger partial charge >= 0.3 is 0 Å². The molecule has 7 heteroatoms. The van der Waals surface area contributed by atoms with E-state index in [1.165, 1.54) is 22.7 Å². The Kier molecular flexibility index (Phi) is 1.95. The van der Waals surface area contributed by atoms with Crippen LogP contribution in [0.15, 0.2) is 23.2 Å². The number of fused-ring (bicyclic) bond motifs is 1. The van der Waals surface area contributed by atoms with Crippen molar-refractivity contribution in [2.24, 2.45) is 0 Å². The van der Waals surface area contributed by atoms with E-state index >= 15 is 0 Å². The second-order valence-corrected chi connectivity index (χ2v) is 4.51. The number of aryl methyl sites for hydroxylation is 1. The van der Waals surface area contributed by atoms with Crippen molar-refractivity contribution in [1.29, 1.82) is 0 Å². The van der Waals surface area contributed by atoms with E-state index in [1.54, 1.807) is 6.92 Å². The van der Waals surface area contributed by atoms with E-state index in [1.807, 2.05) is 0 Å². The van der Waals surface area contributed by atoms with Gasteiger partial charge in [-0.25, -0.2) is 0 Å². The summed E-state index contributed by atoms with van der Waals surface area (Å²) in [5, 5.41) is 9.29. The minimum atomic E-state index is -4.23. The molecule has 0 aliphatic carbocycles. The first-order valence-corrected chi connectivity index (χ1v) is 5.49. The highest BCUT2D eigenvalue weighted by molar-refractivity contribution is 7.85. The summed E-state index contributed by atoms with van der Waals surface area (Å²) in [5.74, 6) is -0.164. The van der Waals surface area contributed by atoms with Gasteiger partial charge in [0, 0.05) is 6.20 Å². The van der Waals surface area contributed by atoms with Crippen LogP contribution in [0, 0.1) is 6.92 Å². The number of aromatic hydroxyl groups is 1. The largest absolute Gasteiger partial charge is 0.492 e. The van der Waals surface area contributed by atoms with Gasteiger partial charge in [0.2, 0.25) is 5.88 Å². The van der Waals surface area contributed by atoms with Gasteiger partial charge < -0.3 is 5.11 Å². The van der Waals surface area contributed by atoms with Crippen LogP contribution in [0.25, 0.3) is 5.65 Å². The summed E-state index contributed by atoms with van der Waals surface area (Å²) in [7, 11) is -4.23. The van der Waals surface area contributed by atoms with Gasteiger partial charge in [-0.1, -0.05) is 0 Å². The lowest BCUT2D eigenvalue weighted by molar-refractivity contribution is 0.452. The third kappa shape index (κ3) is 1.55. The van der Waals surface area contributed by atoms with Gasteiger partial charge in [-0.2, -0.15) is 13.4 Å². The second kappa shape index (κ2) is 2.94. The minimum absolute atomic E-state index is 0.164. The van der Waals surface area contributed by atoms with E-state index in [0.29, 0.717) is 11.3 Å². The molecule has 0 atom stereocenters. The van der Waals surface area contributed by atoms with Crippen LogP contribution >= 0.6 is 0 Å². The normalized spacial score (nSPS) is 12.1. The molecule has 0 aliphatic heterocycles. The Bertz CT molecular complexity index is 629. The Hall–Kier alpha value is -1.60. The summed E-state index contributed by atoms with van der Waals surface area (Å²) in [6, 6.07) is 2.62. The highest BCUT2D eigenvalue weighted by Gasteiger charge is 2.13. The quantitative estimate of drug-likeness (QED) is 0.697. The molecule has 2 aromatic heterocycles. The first-order chi connectivity index (χ1) is 6.89. The van der Waals surface area contributed by atoms with E-state index in [0.717, 1.165) is 0 Å². The molecule has 0 saturated carbocycles. The lowest BCUT2D eigenvalue weighted by atomic mass is 10.4. The van der Waals surface area contributed by atoms with Gasteiger partial charge in [0.15, 0.2) is 0 Å². The van der Waals surface area contributed by atoms with Gasteiger partial charge in [0.05, 0.1) is 5.69 Å². The van der Waals surface area contributed by atoms with Crippen molar-refractivity contribution in [3.63, 3.8) is 0 Å². The van der Waals surface area contributed by atoms with Gasteiger partial charge in [-0.15, -0.1) is 0 Å². The zero-order chi connectivity index (χ0) is 11.2. The standard InChI is InChI=1S/C8H8N2O4S/c1-5-8(11)9-7-3-2-6(4-10(5)7)15(12,13)14/h2-4,11H,1H3,(H,12,13,14). The lowest BCUT2D eigenvalue weighted by Gasteiger charge is -1.99. The fourth-order valence-corrected chi connectivity index (χ4v) is 1.76. The monoisotopic (exact) mass is 228 g/mol. The van der Waals surface area contributed by atoms with Crippen molar-refractivity contribution in [1.82, 2.24) is 9.38 Å². The number of rotatable bonds is 1. The molecule has 2 rings (SSSR count). The third-order valence-electron chi connectivity index (χ3n) is 2.10. The molecular weight excluding hydrogens is 220 g/mol.